The molecule has 0 spiro atoms. The molecule has 2 fully saturated rings. The summed E-state index contributed by atoms with van der Waals surface area (Å²) in [6, 6.07) is 19.9. The zero-order valence-electron chi connectivity index (χ0n) is 29.6. The number of carboxylic acid groups (broad SMARTS) is 2. The van der Waals surface area contributed by atoms with Crippen molar-refractivity contribution < 1.29 is 52.4 Å². The van der Waals surface area contributed by atoms with Crippen LogP contribution in [0.4, 0.5) is 0 Å². The first-order valence-electron chi connectivity index (χ1n) is 16.8. The highest BCUT2D eigenvalue weighted by Crippen LogP contribution is 2.25. The van der Waals surface area contributed by atoms with Crippen LogP contribution in [0, 0.1) is 0 Å². The highest BCUT2D eigenvalue weighted by molar-refractivity contribution is 5.77. The van der Waals surface area contributed by atoms with E-state index in [1.807, 2.05) is 60.7 Å². The highest BCUT2D eigenvalue weighted by Gasteiger charge is 2.28. The molecule has 3 N–H and O–H groups in total. The molecule has 0 amide bonds. The predicted molar refractivity (Wildman–Crippen MR) is 183 cm³/mol. The van der Waals surface area contributed by atoms with E-state index in [-0.39, 0.29) is 0 Å². The van der Waals surface area contributed by atoms with Crippen molar-refractivity contribution in [3.8, 4) is 34.0 Å². The quantitative estimate of drug-likeness (QED) is 0.177. The first-order valence-corrected chi connectivity index (χ1v) is 16.8. The number of piperazine rings is 2. The van der Waals surface area contributed by atoms with Crippen molar-refractivity contribution in [1.82, 2.24) is 20.9 Å². The molecule has 0 aliphatic carbocycles. The zero-order chi connectivity index (χ0) is 36.9. The summed E-state index contributed by atoms with van der Waals surface area (Å²) < 4.78 is 23.4. The highest BCUT2D eigenvalue weighted by atomic mass is 16.5. The minimum atomic E-state index is -1.96. The third-order valence-electron chi connectivity index (χ3n) is 8.91. The number of quaternary nitrogens is 2. The molecule has 0 bridgehead atoms. The maximum Gasteiger partial charge on any atom is 0.191 e. The fraction of sp³-hybridized carbons (Fsp3) is 0.444. The fourth-order valence-electron chi connectivity index (χ4n) is 5.75. The number of aliphatic hydroxyl groups excluding tert-OH is 1. The van der Waals surface area contributed by atoms with E-state index in [9.17, 15) is 19.8 Å². The second-order valence-electron chi connectivity index (χ2n) is 13.2. The molecular weight excluding hydrogens is 660 g/mol. The van der Waals surface area contributed by atoms with Crippen LogP contribution in [0.1, 0.15) is 17.9 Å². The molecule has 2 saturated heterocycles. The lowest BCUT2D eigenvalue weighted by molar-refractivity contribution is -0.925. The van der Waals surface area contributed by atoms with Crippen molar-refractivity contribution in [2.45, 2.75) is 25.6 Å². The van der Waals surface area contributed by atoms with Gasteiger partial charge in [0, 0.05) is 61.8 Å². The van der Waals surface area contributed by atoms with Gasteiger partial charge in [-0.25, -0.2) is 0 Å². The fourth-order valence-corrected chi connectivity index (χ4v) is 5.75. The van der Waals surface area contributed by atoms with Crippen LogP contribution in [0.2, 0.25) is 0 Å². The molecule has 2 aliphatic rings. The number of hydrogen-bond donors (Lipinski definition) is 3. The monoisotopic (exact) mass is 708 g/mol. The number of nitrogens with one attached hydrogen (secondary N) is 2. The Morgan fingerprint density at radius 2 is 1.12 bits per heavy atom. The number of aliphatic hydroxyl groups is 1. The Morgan fingerprint density at radius 3 is 1.41 bits per heavy atom. The first kappa shape index (κ1) is 39.0. The van der Waals surface area contributed by atoms with Crippen LogP contribution < -0.4 is 30.3 Å². The standard InChI is InChI=1S/2C16H22N3O2.C4H6O5/c2*1-19(9-7-17-8-10-19)12-15-11-16(18-21-15)13-3-5-14(20-2)6-4-13;5-2(4(8)9)1-3(6)7/h2*3-6,11,17H,7-10,12H2,1-2H3;2,5H,1H2,(H,6,7)(H,8,9)/q2*+1;/p-2. The molecule has 1 atom stereocenters. The Bertz CT molecular complexity index is 1550. The van der Waals surface area contributed by atoms with Crippen LogP contribution in [0.5, 0.6) is 11.5 Å². The number of benzene rings is 2. The van der Waals surface area contributed by atoms with Crippen LogP contribution >= 0.6 is 0 Å². The molecule has 276 valence electrons. The number of carbonyl (C=O) groups is 2. The van der Waals surface area contributed by atoms with Crippen molar-refractivity contribution in [3.05, 3.63) is 72.2 Å². The van der Waals surface area contributed by atoms with Gasteiger partial charge in [-0.1, -0.05) is 10.3 Å². The van der Waals surface area contributed by atoms with Gasteiger partial charge in [-0.15, -0.1) is 0 Å². The van der Waals surface area contributed by atoms with Gasteiger partial charge in [0.25, 0.3) is 0 Å². The van der Waals surface area contributed by atoms with Crippen LogP contribution in [0.3, 0.4) is 0 Å². The smallest absolute Gasteiger partial charge is 0.191 e. The molecule has 15 heteroatoms. The molecule has 51 heavy (non-hydrogen) atoms. The van der Waals surface area contributed by atoms with Crippen molar-refractivity contribution >= 4 is 11.9 Å². The van der Waals surface area contributed by atoms with Crippen molar-refractivity contribution in [1.29, 1.82) is 0 Å². The average Bonchev–Trinajstić information content (AvgIpc) is 3.78. The summed E-state index contributed by atoms with van der Waals surface area (Å²) >= 11 is 0. The number of nitrogens with zero attached hydrogens (tertiary/aromatic N) is 4. The van der Waals surface area contributed by atoms with Gasteiger partial charge in [-0.05, 0) is 48.5 Å². The van der Waals surface area contributed by atoms with E-state index in [2.05, 4.69) is 35.0 Å². The van der Waals surface area contributed by atoms with Gasteiger partial charge >= 0.3 is 0 Å². The maximum absolute atomic E-state index is 9.58. The van der Waals surface area contributed by atoms with E-state index in [1.165, 1.54) is 0 Å². The minimum absolute atomic E-state index is 0.848. The third kappa shape index (κ3) is 12.2. The van der Waals surface area contributed by atoms with Gasteiger partial charge in [-0.3, -0.25) is 0 Å². The number of aliphatic carboxylic acids is 2. The van der Waals surface area contributed by atoms with E-state index in [1.54, 1.807) is 14.2 Å². The Hall–Kier alpha value is -4.80. The van der Waals surface area contributed by atoms with Crippen LogP contribution in [-0.2, 0) is 22.7 Å². The Kier molecular flexibility index (Phi) is 14.1. The Labute approximate surface area is 297 Å². The molecule has 2 aromatic carbocycles. The van der Waals surface area contributed by atoms with Crippen LogP contribution in [0.25, 0.3) is 22.5 Å². The largest absolute Gasteiger partial charge is 0.550 e. The number of carboxylic acids is 2. The molecule has 4 heterocycles. The van der Waals surface area contributed by atoms with E-state index >= 15 is 0 Å². The van der Waals surface area contributed by atoms with Crippen LogP contribution in [0.15, 0.2) is 69.7 Å². The summed E-state index contributed by atoms with van der Waals surface area (Å²) in [6.07, 6.45) is -2.89. The lowest BCUT2D eigenvalue weighted by Gasteiger charge is -2.37. The summed E-state index contributed by atoms with van der Waals surface area (Å²) in [5, 5.41) is 42.5. The third-order valence-corrected chi connectivity index (χ3v) is 8.91. The zero-order valence-corrected chi connectivity index (χ0v) is 29.6. The average molecular weight is 709 g/mol. The molecule has 0 radical (unpaired) electrons. The summed E-state index contributed by atoms with van der Waals surface area (Å²) in [4.78, 5) is 19.1. The Balaban J connectivity index is 0.000000186. The van der Waals surface area contributed by atoms with Gasteiger partial charge in [-0.2, -0.15) is 0 Å². The SMILES string of the molecule is COc1ccc(-c2cc(C[N+]3(C)CCNCC3)on2)cc1.COc1ccc(-c2cc(C[N+]3(C)CCNCC3)on2)cc1.O=C([O-])CC(O)C(=O)[O-]. The lowest BCUT2D eigenvalue weighted by atomic mass is 10.1. The van der Waals surface area contributed by atoms with Gasteiger partial charge in [0.15, 0.2) is 11.5 Å². The number of carbonyl (C=O) groups excluding carboxylic acids is 2. The van der Waals surface area contributed by atoms with Crippen LogP contribution in [-0.4, -0.2) is 123 Å². The van der Waals surface area contributed by atoms with Crippen molar-refractivity contribution in [2.24, 2.45) is 0 Å². The second kappa shape index (κ2) is 18.4. The number of ether oxygens (including phenoxy) is 2. The minimum Gasteiger partial charge on any atom is -0.550 e. The summed E-state index contributed by atoms with van der Waals surface area (Å²) in [7, 11) is 7.88. The van der Waals surface area contributed by atoms with Crippen molar-refractivity contribution in [2.75, 3.05) is 80.7 Å². The summed E-state index contributed by atoms with van der Waals surface area (Å²) in [5.74, 6) is 0.170. The van der Waals surface area contributed by atoms with E-state index in [4.69, 9.17) is 23.6 Å². The molecule has 2 aliphatic heterocycles. The molecule has 1 unspecified atom stereocenters. The molecule has 15 nitrogen and oxygen atoms in total. The number of likely N-dealkylation sites (N-methyl/N-ethyl adjacent to an activating group) is 2. The molecular formula is C36H48N6O9. The molecule has 4 aromatic rings. The normalized spacial score (nSPS) is 16.7. The summed E-state index contributed by atoms with van der Waals surface area (Å²) in [5.41, 5.74) is 3.87. The molecule has 0 saturated carbocycles. The van der Waals surface area contributed by atoms with E-state index < -0.39 is 24.5 Å². The lowest BCUT2D eigenvalue weighted by Crippen LogP contribution is -2.55. The van der Waals surface area contributed by atoms with Gasteiger partial charge in [0.2, 0.25) is 0 Å². The molecule has 6 rings (SSSR count). The number of methoxy groups -OCH3 is 2. The van der Waals surface area contributed by atoms with Crippen molar-refractivity contribution in [3.63, 3.8) is 0 Å². The first-order chi connectivity index (χ1) is 24.4. The number of aromatic nitrogens is 2. The summed E-state index contributed by atoms with van der Waals surface area (Å²) in [6.45, 7) is 10.5. The number of hydrogen-bond acceptors (Lipinski definition) is 13. The predicted octanol–water partition coefficient (Wildman–Crippen LogP) is 0.0372. The van der Waals surface area contributed by atoms with E-state index in [0.29, 0.717) is 0 Å². The topological polar surface area (TPSA) is 195 Å². The second-order valence-corrected chi connectivity index (χ2v) is 13.2. The Morgan fingerprint density at radius 1 is 0.745 bits per heavy atom. The molecule has 2 aromatic heterocycles. The van der Waals surface area contributed by atoms with Gasteiger partial charge in [0.05, 0.1) is 66.6 Å². The number of rotatable bonds is 11. The van der Waals surface area contributed by atoms with Gasteiger partial charge in [0.1, 0.15) is 36.0 Å². The van der Waals surface area contributed by atoms with E-state index in [0.717, 1.165) is 120 Å². The van der Waals surface area contributed by atoms with Gasteiger partial charge < -0.3 is 63.0 Å². The maximum atomic E-state index is 9.58.